The van der Waals surface area contributed by atoms with Crippen molar-refractivity contribution < 1.29 is 13.2 Å². The summed E-state index contributed by atoms with van der Waals surface area (Å²) in [5, 5.41) is 2.87. The highest BCUT2D eigenvalue weighted by Gasteiger charge is 2.30. The van der Waals surface area contributed by atoms with Crippen LogP contribution in [0.4, 0.5) is 5.69 Å². The first kappa shape index (κ1) is 23.5. The van der Waals surface area contributed by atoms with Crippen molar-refractivity contribution in [1.29, 1.82) is 0 Å². The van der Waals surface area contributed by atoms with Crippen molar-refractivity contribution in [3.05, 3.63) is 57.6 Å². The summed E-state index contributed by atoms with van der Waals surface area (Å²) in [7, 11) is -3.82. The molecule has 6 nitrogen and oxygen atoms in total. The first-order valence-corrected chi connectivity index (χ1v) is 13.1. The van der Waals surface area contributed by atoms with Gasteiger partial charge in [0, 0.05) is 24.3 Å². The number of sulfonamides is 1. The molecule has 0 radical (unpaired) electrons. The lowest BCUT2D eigenvalue weighted by Crippen LogP contribution is -2.36. The molecule has 4 rings (SSSR count). The van der Waals surface area contributed by atoms with Crippen molar-refractivity contribution >= 4 is 44.8 Å². The van der Waals surface area contributed by atoms with Crippen LogP contribution in [-0.4, -0.2) is 37.9 Å². The van der Waals surface area contributed by atoms with Gasteiger partial charge in [0.05, 0.1) is 15.6 Å². The number of halogens is 2. The van der Waals surface area contributed by atoms with Crippen LogP contribution in [0.25, 0.3) is 0 Å². The monoisotopic (exact) mass is 495 g/mol. The molecule has 0 spiro atoms. The number of nitrogens with zero attached hydrogens (tertiary/aromatic N) is 1. The summed E-state index contributed by atoms with van der Waals surface area (Å²) in [6.45, 7) is 4.25. The number of likely N-dealkylation sites (tertiary alicyclic amines) is 1. The van der Waals surface area contributed by atoms with Crippen LogP contribution in [-0.2, 0) is 16.6 Å². The molecule has 9 heteroatoms. The molecule has 2 aromatic carbocycles. The number of amides is 1. The number of hydrogen-bond acceptors (Lipinski definition) is 4. The number of hydrogen-bond donors (Lipinski definition) is 2. The lowest BCUT2D eigenvalue weighted by molar-refractivity contribution is 0.102. The molecule has 32 heavy (non-hydrogen) atoms. The molecule has 1 atom stereocenters. The van der Waals surface area contributed by atoms with Crippen molar-refractivity contribution in [3.8, 4) is 0 Å². The zero-order valence-corrected chi connectivity index (χ0v) is 20.2. The lowest BCUT2D eigenvalue weighted by atomic mass is 10.0. The van der Waals surface area contributed by atoms with E-state index in [0.717, 1.165) is 25.9 Å². The van der Waals surface area contributed by atoms with Gasteiger partial charge in [0.15, 0.2) is 0 Å². The number of benzene rings is 2. The van der Waals surface area contributed by atoms with Crippen LogP contribution >= 0.6 is 23.2 Å². The third-order valence-corrected chi connectivity index (χ3v) is 8.29. The van der Waals surface area contributed by atoms with E-state index in [2.05, 4.69) is 21.9 Å². The van der Waals surface area contributed by atoms with E-state index in [1.54, 1.807) is 0 Å². The Hall–Kier alpha value is -1.64. The predicted molar refractivity (Wildman–Crippen MR) is 128 cm³/mol. The van der Waals surface area contributed by atoms with Gasteiger partial charge >= 0.3 is 0 Å². The van der Waals surface area contributed by atoms with Gasteiger partial charge in [-0.25, -0.2) is 13.1 Å². The second kappa shape index (κ2) is 9.69. The fraction of sp³-hybridized carbons (Fsp3) is 0.435. The van der Waals surface area contributed by atoms with Crippen LogP contribution in [0.2, 0.25) is 10.0 Å². The lowest BCUT2D eigenvalue weighted by Gasteiger charge is -2.33. The van der Waals surface area contributed by atoms with E-state index in [9.17, 15) is 13.2 Å². The average Bonchev–Trinajstić information content (AvgIpc) is 3.54. The number of anilines is 1. The van der Waals surface area contributed by atoms with Crippen molar-refractivity contribution in [1.82, 2.24) is 9.62 Å². The minimum Gasteiger partial charge on any atom is -0.322 e. The van der Waals surface area contributed by atoms with Gasteiger partial charge in [-0.05, 0) is 69.0 Å². The van der Waals surface area contributed by atoms with E-state index in [0.29, 0.717) is 11.7 Å². The third kappa shape index (κ3) is 5.64. The Morgan fingerprint density at radius 3 is 2.44 bits per heavy atom. The van der Waals surface area contributed by atoms with Gasteiger partial charge in [-0.1, -0.05) is 41.8 Å². The maximum Gasteiger partial charge on any atom is 0.257 e. The van der Waals surface area contributed by atoms with E-state index in [4.69, 9.17) is 23.2 Å². The number of nitrogens with one attached hydrogen (secondary N) is 2. The Morgan fingerprint density at radius 1 is 1.06 bits per heavy atom. The summed E-state index contributed by atoms with van der Waals surface area (Å²) in [5.41, 5.74) is 1.84. The fourth-order valence-corrected chi connectivity index (χ4v) is 6.08. The molecule has 0 aromatic heterocycles. The summed E-state index contributed by atoms with van der Waals surface area (Å²) in [4.78, 5) is 15.2. The van der Waals surface area contributed by atoms with Crippen LogP contribution in [0.5, 0.6) is 0 Å². The summed E-state index contributed by atoms with van der Waals surface area (Å²) >= 11 is 12.3. The second-order valence-corrected chi connectivity index (χ2v) is 11.1. The van der Waals surface area contributed by atoms with Gasteiger partial charge in [0.2, 0.25) is 10.0 Å². The smallest absolute Gasteiger partial charge is 0.257 e. The maximum atomic E-state index is 12.8. The Balaban J connectivity index is 1.47. The topological polar surface area (TPSA) is 78.5 Å². The zero-order valence-electron chi connectivity index (χ0n) is 17.9. The van der Waals surface area contributed by atoms with Crippen LogP contribution in [0, 0.1) is 0 Å². The molecule has 2 N–H and O–H groups in total. The Kier molecular flexibility index (Phi) is 7.12. The van der Waals surface area contributed by atoms with Gasteiger partial charge < -0.3 is 5.32 Å². The highest BCUT2D eigenvalue weighted by Crippen LogP contribution is 2.31. The van der Waals surface area contributed by atoms with E-state index in [1.807, 2.05) is 24.3 Å². The largest absolute Gasteiger partial charge is 0.322 e. The molecule has 0 bridgehead atoms. The first-order chi connectivity index (χ1) is 15.2. The Labute approximate surface area is 199 Å². The maximum absolute atomic E-state index is 12.8. The number of rotatable bonds is 7. The predicted octanol–water partition coefficient (Wildman–Crippen LogP) is 5.06. The molecule has 1 amide bonds. The molecule has 2 aromatic rings. The normalized spacial score (nSPS) is 19.7. The fourth-order valence-electron chi connectivity index (χ4n) is 3.91. The zero-order chi connectivity index (χ0) is 22.9. The molecule has 1 saturated carbocycles. The minimum absolute atomic E-state index is 0.0176. The van der Waals surface area contributed by atoms with Crippen LogP contribution in [0.1, 0.15) is 54.9 Å². The number of carbonyl (C=O) groups excluding carboxylic acids is 1. The molecule has 1 heterocycles. The van der Waals surface area contributed by atoms with E-state index in [-0.39, 0.29) is 26.5 Å². The molecular formula is C23H27Cl2N3O3S. The van der Waals surface area contributed by atoms with Gasteiger partial charge in [-0.2, -0.15) is 0 Å². The number of carbonyl (C=O) groups is 1. The Bertz CT molecular complexity index is 1100. The van der Waals surface area contributed by atoms with Crippen molar-refractivity contribution in [3.63, 3.8) is 0 Å². The van der Waals surface area contributed by atoms with Gasteiger partial charge in [-0.15, -0.1) is 0 Å². The molecule has 1 saturated heterocycles. The standard InChI is InChI=1S/C23H27Cl2N3O3S/c1-15-4-2-3-11-28(15)14-16-5-7-17(8-6-16)26-23(29)19-12-22(21(25)13-20(19)24)32(30,31)27-18-9-10-18/h5-8,12-13,15,18,27H,2-4,9-11,14H2,1H3,(H,26,29). The number of piperidine rings is 1. The summed E-state index contributed by atoms with van der Waals surface area (Å²) in [6, 6.07) is 10.7. The summed E-state index contributed by atoms with van der Waals surface area (Å²) < 4.78 is 27.8. The molecule has 2 aliphatic rings. The molecule has 1 aliphatic heterocycles. The summed E-state index contributed by atoms with van der Waals surface area (Å²) in [6.07, 6.45) is 5.34. The molecule has 172 valence electrons. The van der Waals surface area contributed by atoms with Crippen molar-refractivity contribution in [2.24, 2.45) is 0 Å². The van der Waals surface area contributed by atoms with Gasteiger partial charge in [0.1, 0.15) is 4.90 Å². The second-order valence-electron chi connectivity index (χ2n) is 8.62. The highest BCUT2D eigenvalue weighted by atomic mass is 35.5. The van der Waals surface area contributed by atoms with Crippen LogP contribution in [0.15, 0.2) is 41.3 Å². The minimum atomic E-state index is -3.82. The quantitative estimate of drug-likeness (QED) is 0.562. The SMILES string of the molecule is CC1CCCCN1Cc1ccc(NC(=O)c2cc(S(=O)(=O)NC3CC3)c(Cl)cc2Cl)cc1. The van der Waals surface area contributed by atoms with Crippen LogP contribution in [0.3, 0.4) is 0 Å². The molecule has 2 fully saturated rings. The van der Waals surface area contributed by atoms with Crippen LogP contribution < -0.4 is 10.0 Å². The summed E-state index contributed by atoms with van der Waals surface area (Å²) in [5.74, 6) is -0.494. The average molecular weight is 496 g/mol. The van der Waals surface area contributed by atoms with Gasteiger partial charge in [-0.3, -0.25) is 9.69 Å². The third-order valence-electron chi connectivity index (χ3n) is 5.99. The molecular weight excluding hydrogens is 469 g/mol. The highest BCUT2D eigenvalue weighted by molar-refractivity contribution is 7.89. The van der Waals surface area contributed by atoms with E-state index < -0.39 is 15.9 Å². The molecule has 1 unspecified atom stereocenters. The van der Waals surface area contributed by atoms with Crippen molar-refractivity contribution in [2.45, 2.75) is 62.6 Å². The first-order valence-electron chi connectivity index (χ1n) is 10.9. The molecule has 1 aliphatic carbocycles. The van der Waals surface area contributed by atoms with E-state index >= 15 is 0 Å². The Morgan fingerprint density at radius 2 is 1.78 bits per heavy atom. The van der Waals surface area contributed by atoms with Crippen molar-refractivity contribution in [2.75, 3.05) is 11.9 Å². The van der Waals surface area contributed by atoms with E-state index in [1.165, 1.54) is 37.0 Å². The van der Waals surface area contributed by atoms with Gasteiger partial charge in [0.25, 0.3) is 5.91 Å².